The third-order valence-electron chi connectivity index (χ3n) is 7.18. The molecule has 0 saturated carbocycles. The number of rotatable bonds is 2. The molecular weight excluding hydrogens is 438 g/mol. The number of hydrogen-bond donors (Lipinski definition) is 0. The molecule has 2 saturated heterocycles. The molecule has 3 aromatic heterocycles. The van der Waals surface area contributed by atoms with Crippen LogP contribution in [0.25, 0.3) is 16.7 Å². The Morgan fingerprint density at radius 1 is 0.939 bits per heavy atom. The zero-order valence-electron chi connectivity index (χ0n) is 18.6. The molecule has 0 N–H and O–H groups in total. The van der Waals surface area contributed by atoms with Gasteiger partial charge in [-0.15, -0.1) is 10.2 Å². The van der Waals surface area contributed by atoms with E-state index in [0.717, 1.165) is 78.7 Å². The zero-order valence-corrected chi connectivity index (χ0v) is 19.4. The highest BCUT2D eigenvalue weighted by atomic mass is 35.5. The number of benzene rings is 1. The second kappa shape index (κ2) is 6.68. The third kappa shape index (κ3) is 2.82. The topological polar surface area (TPSA) is 71.1 Å². The van der Waals surface area contributed by atoms with Crippen molar-refractivity contribution >= 4 is 34.5 Å². The summed E-state index contributed by atoms with van der Waals surface area (Å²) in [6.45, 7) is 5.56. The average molecular weight is 462 g/mol. The van der Waals surface area contributed by atoms with Crippen molar-refractivity contribution in [2.75, 3.05) is 43.0 Å². The first-order valence-electron chi connectivity index (χ1n) is 11.2. The highest BCUT2D eigenvalue weighted by Crippen LogP contribution is 2.44. The quantitative estimate of drug-likeness (QED) is 0.454. The highest BCUT2D eigenvalue weighted by molar-refractivity contribution is 6.30. The number of hydrogen-bond acceptors (Lipinski definition) is 7. The molecule has 2 fully saturated rings. The van der Waals surface area contributed by atoms with Gasteiger partial charge in [0.25, 0.3) is 0 Å². The van der Waals surface area contributed by atoms with Gasteiger partial charge >= 0.3 is 0 Å². The van der Waals surface area contributed by atoms with Crippen molar-refractivity contribution in [3.8, 4) is 5.69 Å². The summed E-state index contributed by atoms with van der Waals surface area (Å²) < 4.78 is 4.38. The minimum Gasteiger partial charge on any atom is -0.341 e. The van der Waals surface area contributed by atoms with Crippen molar-refractivity contribution in [2.45, 2.75) is 13.1 Å². The van der Waals surface area contributed by atoms with Gasteiger partial charge in [-0.25, -0.2) is 4.98 Å². The minimum atomic E-state index is 0.285. The van der Waals surface area contributed by atoms with Crippen LogP contribution in [0.3, 0.4) is 0 Å². The van der Waals surface area contributed by atoms with Gasteiger partial charge < -0.3 is 14.4 Å². The number of anilines is 2. The number of nitrogens with zero attached hydrogens (tertiary/aromatic N) is 9. The first-order valence-corrected chi connectivity index (χ1v) is 11.6. The standard InChI is InChI=1S/C23H24ClN9/c1-29-9-15-7-16(24)3-4-18(15)33-20(10-29)27-28-22(33)32-13-23(14-32)11-31(12-23)21-26-17-8-25-6-5-19(17)30(21)2/h3-8H,9-14H2,1-2H3. The maximum atomic E-state index is 6.30. The van der Waals surface area contributed by atoms with Gasteiger partial charge in [0.15, 0.2) is 5.82 Å². The summed E-state index contributed by atoms with van der Waals surface area (Å²) in [7, 11) is 4.18. The molecule has 0 bridgehead atoms. The van der Waals surface area contributed by atoms with E-state index in [0.29, 0.717) is 0 Å². The summed E-state index contributed by atoms with van der Waals surface area (Å²) in [5, 5.41) is 9.91. The van der Waals surface area contributed by atoms with Crippen molar-refractivity contribution < 1.29 is 0 Å². The van der Waals surface area contributed by atoms with Crippen LogP contribution >= 0.6 is 11.6 Å². The SMILES string of the molecule is CN1Cc2cc(Cl)ccc2-n2c(nnc2N2CC3(C2)CN(c2nc4cnccc4n2C)C3)C1. The maximum absolute atomic E-state index is 6.30. The number of pyridine rings is 1. The monoisotopic (exact) mass is 461 g/mol. The lowest BCUT2D eigenvalue weighted by Crippen LogP contribution is -2.73. The molecule has 0 radical (unpaired) electrons. The van der Waals surface area contributed by atoms with Crippen molar-refractivity contribution in [3.05, 3.63) is 53.1 Å². The van der Waals surface area contributed by atoms with Gasteiger partial charge in [0, 0.05) is 56.4 Å². The molecule has 0 amide bonds. The molecule has 1 aromatic carbocycles. The molecule has 0 atom stereocenters. The van der Waals surface area contributed by atoms with Crippen molar-refractivity contribution in [1.29, 1.82) is 0 Å². The summed E-state index contributed by atoms with van der Waals surface area (Å²) in [5.74, 6) is 2.92. The van der Waals surface area contributed by atoms with Gasteiger partial charge in [0.05, 0.1) is 23.9 Å². The Morgan fingerprint density at radius 3 is 2.52 bits per heavy atom. The Balaban J connectivity index is 1.13. The average Bonchev–Trinajstić information content (AvgIpc) is 3.24. The van der Waals surface area contributed by atoms with Crippen LogP contribution in [-0.4, -0.2) is 67.4 Å². The first-order chi connectivity index (χ1) is 16.0. The fourth-order valence-electron chi connectivity index (χ4n) is 5.68. The smallest absolute Gasteiger partial charge is 0.231 e. The van der Waals surface area contributed by atoms with Gasteiger partial charge in [-0.1, -0.05) is 11.6 Å². The number of fused-ring (bicyclic) bond motifs is 4. The number of aromatic nitrogens is 6. The predicted molar refractivity (Wildman–Crippen MR) is 127 cm³/mol. The fraction of sp³-hybridized carbons (Fsp3) is 0.391. The van der Waals surface area contributed by atoms with Gasteiger partial charge in [-0.05, 0) is 36.9 Å². The Labute approximate surface area is 196 Å². The van der Waals surface area contributed by atoms with E-state index in [9.17, 15) is 0 Å². The van der Waals surface area contributed by atoms with E-state index in [1.807, 2.05) is 24.5 Å². The van der Waals surface area contributed by atoms with Crippen LogP contribution in [0.15, 0.2) is 36.7 Å². The van der Waals surface area contributed by atoms with Crippen molar-refractivity contribution in [1.82, 2.24) is 34.2 Å². The second-order valence-electron chi connectivity index (χ2n) is 9.74. The highest BCUT2D eigenvalue weighted by Gasteiger charge is 2.54. The number of aryl methyl sites for hydroxylation is 1. The van der Waals surface area contributed by atoms with Crippen LogP contribution in [0.5, 0.6) is 0 Å². The molecule has 4 aromatic rings. The zero-order chi connectivity index (χ0) is 22.3. The molecular formula is C23H24ClN9. The van der Waals surface area contributed by atoms with Crippen molar-refractivity contribution in [2.24, 2.45) is 12.5 Å². The summed E-state index contributed by atoms with van der Waals surface area (Å²) in [4.78, 5) is 16.0. The second-order valence-corrected chi connectivity index (χ2v) is 10.2. The van der Waals surface area contributed by atoms with Crippen LogP contribution in [0.1, 0.15) is 11.4 Å². The Kier molecular flexibility index (Phi) is 3.91. The Bertz CT molecular complexity index is 1390. The molecule has 9 nitrogen and oxygen atoms in total. The first kappa shape index (κ1) is 19.3. The van der Waals surface area contributed by atoms with Crippen LogP contribution in [0.4, 0.5) is 11.9 Å². The molecule has 3 aliphatic rings. The molecule has 168 valence electrons. The normalized spacial score (nSPS) is 19.2. The summed E-state index contributed by atoms with van der Waals surface area (Å²) in [6, 6.07) is 8.12. The lowest BCUT2D eigenvalue weighted by atomic mass is 9.73. The van der Waals surface area contributed by atoms with E-state index in [1.165, 1.54) is 5.56 Å². The molecule has 1 spiro atoms. The Hall–Kier alpha value is -3.17. The van der Waals surface area contributed by atoms with E-state index in [4.69, 9.17) is 16.6 Å². The van der Waals surface area contributed by atoms with E-state index in [-0.39, 0.29) is 5.41 Å². The van der Waals surface area contributed by atoms with E-state index in [2.05, 4.69) is 65.2 Å². The summed E-state index contributed by atoms with van der Waals surface area (Å²) in [5.41, 5.74) is 4.68. The lowest BCUT2D eigenvalue weighted by Gasteiger charge is -2.60. The van der Waals surface area contributed by atoms with Crippen LogP contribution in [-0.2, 0) is 20.1 Å². The maximum Gasteiger partial charge on any atom is 0.231 e. The Morgan fingerprint density at radius 2 is 1.73 bits per heavy atom. The molecule has 10 heteroatoms. The van der Waals surface area contributed by atoms with Gasteiger partial charge in [0.2, 0.25) is 11.9 Å². The third-order valence-corrected chi connectivity index (χ3v) is 7.41. The summed E-state index contributed by atoms with van der Waals surface area (Å²) in [6.07, 6.45) is 3.65. The number of imidazole rings is 1. The lowest BCUT2D eigenvalue weighted by molar-refractivity contribution is 0.151. The fourth-order valence-corrected chi connectivity index (χ4v) is 5.87. The van der Waals surface area contributed by atoms with Gasteiger partial charge in [-0.2, -0.15) is 0 Å². The largest absolute Gasteiger partial charge is 0.341 e. The molecule has 3 aliphatic heterocycles. The van der Waals surface area contributed by atoms with E-state index < -0.39 is 0 Å². The molecule has 7 rings (SSSR count). The number of halogens is 1. The summed E-state index contributed by atoms with van der Waals surface area (Å²) >= 11 is 6.30. The van der Waals surface area contributed by atoms with Crippen LogP contribution in [0, 0.1) is 5.41 Å². The van der Waals surface area contributed by atoms with Crippen LogP contribution < -0.4 is 9.80 Å². The van der Waals surface area contributed by atoms with Crippen molar-refractivity contribution in [3.63, 3.8) is 0 Å². The minimum absolute atomic E-state index is 0.285. The molecule has 0 unspecified atom stereocenters. The molecule has 0 aliphatic carbocycles. The van der Waals surface area contributed by atoms with Gasteiger partial charge in [-0.3, -0.25) is 14.5 Å². The van der Waals surface area contributed by atoms with Crippen LogP contribution in [0.2, 0.25) is 5.02 Å². The van der Waals surface area contributed by atoms with Gasteiger partial charge in [0.1, 0.15) is 5.52 Å². The molecule has 6 heterocycles. The van der Waals surface area contributed by atoms with E-state index in [1.54, 1.807) is 0 Å². The predicted octanol–water partition coefficient (Wildman–Crippen LogP) is 2.47. The van der Waals surface area contributed by atoms with E-state index >= 15 is 0 Å². The molecule has 33 heavy (non-hydrogen) atoms.